The third-order valence-electron chi connectivity index (χ3n) is 6.34. The quantitative estimate of drug-likeness (QED) is 0.325. The van der Waals surface area contributed by atoms with Crippen LogP contribution in [-0.4, -0.2) is 15.0 Å². The number of nitrogens with zero attached hydrogens (tertiary/aromatic N) is 2. The molecule has 178 valence electrons. The Morgan fingerprint density at radius 1 is 0.857 bits per heavy atom. The molecule has 0 spiro atoms. The number of carbonyl (C=O) groups is 1. The van der Waals surface area contributed by atoms with Crippen molar-refractivity contribution >= 4 is 44.3 Å². The van der Waals surface area contributed by atoms with Gasteiger partial charge in [0.1, 0.15) is 5.56 Å². The summed E-state index contributed by atoms with van der Waals surface area (Å²) < 4.78 is 43.5. The van der Waals surface area contributed by atoms with Crippen molar-refractivity contribution < 1.29 is 18.0 Å². The molecular formula is C27H22F3N3O2. The highest BCUT2D eigenvalue weighted by Gasteiger charge is 2.31. The molecule has 0 unspecified atom stereocenters. The van der Waals surface area contributed by atoms with E-state index in [0.29, 0.717) is 17.7 Å². The lowest BCUT2D eigenvalue weighted by Crippen LogP contribution is -2.24. The summed E-state index contributed by atoms with van der Waals surface area (Å²) in [7, 11) is 0. The van der Waals surface area contributed by atoms with Crippen LogP contribution >= 0.6 is 0 Å². The minimum absolute atomic E-state index is 0.143. The smallest absolute Gasteiger partial charge is 0.347 e. The van der Waals surface area contributed by atoms with Gasteiger partial charge in [0.05, 0.1) is 11.1 Å². The van der Waals surface area contributed by atoms with Crippen LogP contribution in [0, 0.1) is 0 Å². The first-order valence-electron chi connectivity index (χ1n) is 11.3. The van der Waals surface area contributed by atoms with E-state index in [9.17, 15) is 22.8 Å². The highest BCUT2D eigenvalue weighted by Crippen LogP contribution is 2.32. The minimum Gasteiger partial charge on any atom is -0.347 e. The zero-order chi connectivity index (χ0) is 24.9. The lowest BCUT2D eigenvalue weighted by Gasteiger charge is -2.14. The van der Waals surface area contributed by atoms with Crippen molar-refractivity contribution in [3.05, 3.63) is 88.2 Å². The van der Waals surface area contributed by atoms with Crippen LogP contribution in [0.25, 0.3) is 32.7 Å². The molecule has 5 rings (SSSR count). The van der Waals surface area contributed by atoms with E-state index >= 15 is 0 Å². The summed E-state index contributed by atoms with van der Waals surface area (Å²) in [5.41, 5.74) is 1.05. The standard InChI is InChI=1S/C27H22F3N3O2/c1-3-32-15-21(25(34)20-13-16(27(28,29)30)9-11-22(20)32)26(35)31-17-10-12-24-19(14-17)18-7-5-6-8-23(18)33(24)4-2/h5-15H,3-4H2,1-2H3,(H,31,35). The van der Waals surface area contributed by atoms with Gasteiger partial charge in [0, 0.05) is 52.2 Å². The molecule has 2 aromatic heterocycles. The zero-order valence-corrected chi connectivity index (χ0v) is 19.1. The minimum atomic E-state index is -4.59. The van der Waals surface area contributed by atoms with Gasteiger partial charge in [-0.15, -0.1) is 0 Å². The Balaban J connectivity index is 1.59. The van der Waals surface area contributed by atoms with Crippen molar-refractivity contribution in [2.75, 3.05) is 5.32 Å². The van der Waals surface area contributed by atoms with Crippen LogP contribution in [0.3, 0.4) is 0 Å². The molecular weight excluding hydrogens is 455 g/mol. The molecule has 35 heavy (non-hydrogen) atoms. The molecule has 2 heterocycles. The van der Waals surface area contributed by atoms with Crippen molar-refractivity contribution in [3.8, 4) is 0 Å². The number of anilines is 1. The molecule has 8 heteroatoms. The maximum absolute atomic E-state index is 13.3. The third-order valence-corrected chi connectivity index (χ3v) is 6.34. The van der Waals surface area contributed by atoms with Gasteiger partial charge in [-0.1, -0.05) is 18.2 Å². The Bertz CT molecular complexity index is 1680. The second-order valence-corrected chi connectivity index (χ2v) is 8.34. The molecule has 0 saturated heterocycles. The van der Waals surface area contributed by atoms with Crippen LogP contribution in [0.2, 0.25) is 0 Å². The van der Waals surface area contributed by atoms with Crippen LogP contribution < -0.4 is 10.7 Å². The lowest BCUT2D eigenvalue weighted by molar-refractivity contribution is -0.137. The highest BCUT2D eigenvalue weighted by atomic mass is 19.4. The number of fused-ring (bicyclic) bond motifs is 4. The van der Waals surface area contributed by atoms with Crippen LogP contribution in [-0.2, 0) is 19.3 Å². The van der Waals surface area contributed by atoms with Gasteiger partial charge in [0.2, 0.25) is 5.43 Å². The highest BCUT2D eigenvalue weighted by molar-refractivity contribution is 6.11. The molecule has 0 saturated carbocycles. The average molecular weight is 477 g/mol. The van der Waals surface area contributed by atoms with E-state index in [1.807, 2.05) is 36.4 Å². The van der Waals surface area contributed by atoms with E-state index in [4.69, 9.17) is 0 Å². The molecule has 3 aromatic carbocycles. The van der Waals surface area contributed by atoms with Crippen LogP contribution in [0.5, 0.6) is 0 Å². The molecule has 1 amide bonds. The largest absolute Gasteiger partial charge is 0.416 e. The van der Waals surface area contributed by atoms with Gasteiger partial charge < -0.3 is 14.5 Å². The Morgan fingerprint density at radius 2 is 1.57 bits per heavy atom. The van der Waals surface area contributed by atoms with E-state index in [1.165, 1.54) is 12.3 Å². The van der Waals surface area contributed by atoms with Gasteiger partial charge in [0.15, 0.2) is 0 Å². The maximum atomic E-state index is 13.3. The van der Waals surface area contributed by atoms with Gasteiger partial charge in [-0.05, 0) is 56.3 Å². The van der Waals surface area contributed by atoms with Gasteiger partial charge in [-0.2, -0.15) is 13.2 Å². The fourth-order valence-electron chi connectivity index (χ4n) is 4.67. The first-order chi connectivity index (χ1) is 16.7. The fraction of sp³-hybridized carbons (Fsp3) is 0.185. The normalized spacial score (nSPS) is 12.0. The average Bonchev–Trinajstić information content (AvgIpc) is 3.16. The molecule has 0 fully saturated rings. The zero-order valence-electron chi connectivity index (χ0n) is 19.1. The van der Waals surface area contributed by atoms with Gasteiger partial charge >= 0.3 is 6.18 Å². The first-order valence-corrected chi connectivity index (χ1v) is 11.3. The summed E-state index contributed by atoms with van der Waals surface area (Å²) in [4.78, 5) is 26.2. The molecule has 0 aliphatic heterocycles. The molecule has 0 atom stereocenters. The summed E-state index contributed by atoms with van der Waals surface area (Å²) >= 11 is 0. The third kappa shape index (κ3) is 3.75. The number of hydrogen-bond acceptors (Lipinski definition) is 2. The van der Waals surface area contributed by atoms with E-state index in [1.54, 1.807) is 17.6 Å². The van der Waals surface area contributed by atoms with Gasteiger partial charge in [-0.3, -0.25) is 9.59 Å². The Hall–Kier alpha value is -4.07. The summed E-state index contributed by atoms with van der Waals surface area (Å²) in [5, 5.41) is 4.62. The number of benzene rings is 3. The number of rotatable bonds is 4. The van der Waals surface area contributed by atoms with E-state index in [-0.39, 0.29) is 10.9 Å². The fourth-order valence-corrected chi connectivity index (χ4v) is 4.67. The van der Waals surface area contributed by atoms with Crippen LogP contribution in [0.4, 0.5) is 18.9 Å². The number of hydrogen-bond donors (Lipinski definition) is 1. The lowest BCUT2D eigenvalue weighted by atomic mass is 10.1. The monoisotopic (exact) mass is 477 g/mol. The number of nitrogens with one attached hydrogen (secondary N) is 1. The number of aryl methyl sites for hydroxylation is 2. The van der Waals surface area contributed by atoms with Crippen molar-refractivity contribution in [1.82, 2.24) is 9.13 Å². The Morgan fingerprint density at radius 3 is 2.29 bits per heavy atom. The molecule has 0 radical (unpaired) electrons. The number of halogens is 3. The number of aromatic nitrogens is 2. The number of pyridine rings is 1. The van der Waals surface area contributed by atoms with Gasteiger partial charge in [-0.25, -0.2) is 0 Å². The number of alkyl halides is 3. The van der Waals surface area contributed by atoms with Gasteiger partial charge in [0.25, 0.3) is 5.91 Å². The number of carbonyl (C=O) groups excluding carboxylic acids is 1. The summed E-state index contributed by atoms with van der Waals surface area (Å²) in [6.07, 6.45) is -3.20. The topological polar surface area (TPSA) is 56.0 Å². The summed E-state index contributed by atoms with van der Waals surface area (Å²) in [6, 6.07) is 16.5. The van der Waals surface area contributed by atoms with E-state index in [0.717, 1.165) is 40.5 Å². The molecule has 0 aliphatic rings. The molecule has 0 bridgehead atoms. The SMILES string of the molecule is CCn1cc(C(=O)Nc2ccc3c(c2)c2ccccc2n3CC)c(=O)c2cc(C(F)(F)F)ccc21. The summed E-state index contributed by atoms with van der Waals surface area (Å²) in [5.74, 6) is -0.671. The Kier molecular flexibility index (Phi) is 5.39. The number of amides is 1. The van der Waals surface area contributed by atoms with Crippen molar-refractivity contribution in [1.29, 1.82) is 0 Å². The van der Waals surface area contributed by atoms with E-state index in [2.05, 4.69) is 16.8 Å². The predicted octanol–water partition coefficient (Wildman–Crippen LogP) is 6.42. The number of para-hydroxylation sites is 1. The second-order valence-electron chi connectivity index (χ2n) is 8.34. The van der Waals surface area contributed by atoms with Crippen LogP contribution in [0.15, 0.2) is 71.7 Å². The Labute approximate surface area is 198 Å². The van der Waals surface area contributed by atoms with Crippen molar-refractivity contribution in [2.45, 2.75) is 33.1 Å². The molecule has 5 nitrogen and oxygen atoms in total. The van der Waals surface area contributed by atoms with Crippen molar-refractivity contribution in [2.24, 2.45) is 0 Å². The maximum Gasteiger partial charge on any atom is 0.416 e. The van der Waals surface area contributed by atoms with Crippen molar-refractivity contribution in [3.63, 3.8) is 0 Å². The summed E-state index contributed by atoms with van der Waals surface area (Å²) in [6.45, 7) is 5.01. The first kappa shape index (κ1) is 22.7. The molecule has 0 aliphatic carbocycles. The molecule has 1 N–H and O–H groups in total. The van der Waals surface area contributed by atoms with Crippen LogP contribution in [0.1, 0.15) is 29.8 Å². The predicted molar refractivity (Wildman–Crippen MR) is 132 cm³/mol. The molecule has 5 aromatic rings. The van der Waals surface area contributed by atoms with E-state index < -0.39 is 23.1 Å². The second kappa shape index (κ2) is 8.30.